The maximum absolute atomic E-state index is 3.86. The Bertz CT molecular complexity index is 275. The minimum absolute atomic E-state index is 0.464. The summed E-state index contributed by atoms with van der Waals surface area (Å²) in [5, 5.41) is 3.86. The molecule has 21 heavy (non-hydrogen) atoms. The molecule has 0 aliphatic heterocycles. The van der Waals surface area contributed by atoms with Crippen LogP contribution in [0.1, 0.15) is 80.1 Å². The largest absolute Gasteiger partial charge is 0.313 e. The van der Waals surface area contributed by atoms with Crippen molar-refractivity contribution in [2.45, 2.75) is 92.2 Å². The lowest BCUT2D eigenvalue weighted by Crippen LogP contribution is -2.47. The fourth-order valence-corrected chi connectivity index (χ4v) is 3.87. The van der Waals surface area contributed by atoms with Gasteiger partial charge in [0.25, 0.3) is 0 Å². The molecule has 3 atom stereocenters. The van der Waals surface area contributed by atoms with Crippen LogP contribution in [0.3, 0.4) is 0 Å². The lowest BCUT2D eigenvalue weighted by atomic mass is 9.84. The highest BCUT2D eigenvalue weighted by molar-refractivity contribution is 4.97. The molecule has 0 spiro atoms. The zero-order valence-electron chi connectivity index (χ0n) is 15.5. The summed E-state index contributed by atoms with van der Waals surface area (Å²) in [5.74, 6) is 0.831. The van der Waals surface area contributed by atoms with E-state index < -0.39 is 0 Å². The summed E-state index contributed by atoms with van der Waals surface area (Å²) < 4.78 is 0. The normalized spacial score (nSPS) is 26.4. The first-order valence-electron chi connectivity index (χ1n) is 9.43. The van der Waals surface area contributed by atoms with Gasteiger partial charge in [0.15, 0.2) is 0 Å². The van der Waals surface area contributed by atoms with Crippen LogP contribution in [0.15, 0.2) is 0 Å². The first-order chi connectivity index (χ1) is 9.96. The van der Waals surface area contributed by atoms with Crippen molar-refractivity contribution in [3.05, 3.63) is 0 Å². The standard InChI is InChI=1S/C19H40N2/c1-7-10-14-21(16(4)9-3)15-17-11-12-19(5,6)18(17)20-13-8-2/h16-18,20H,7-15H2,1-6H3. The predicted octanol–water partition coefficient (Wildman–Crippen LogP) is 4.69. The average Bonchev–Trinajstić information content (AvgIpc) is 2.74. The molecule has 1 aliphatic carbocycles. The van der Waals surface area contributed by atoms with Gasteiger partial charge in [-0.15, -0.1) is 0 Å². The quantitative estimate of drug-likeness (QED) is 0.629. The van der Waals surface area contributed by atoms with Crippen LogP contribution in [0.2, 0.25) is 0 Å². The van der Waals surface area contributed by atoms with Crippen LogP contribution in [-0.2, 0) is 0 Å². The average molecular weight is 297 g/mol. The lowest BCUT2D eigenvalue weighted by molar-refractivity contribution is 0.145. The fourth-order valence-electron chi connectivity index (χ4n) is 3.87. The monoisotopic (exact) mass is 296 g/mol. The second-order valence-electron chi connectivity index (χ2n) is 7.82. The van der Waals surface area contributed by atoms with Gasteiger partial charge in [0.1, 0.15) is 0 Å². The van der Waals surface area contributed by atoms with Gasteiger partial charge in [0.05, 0.1) is 0 Å². The Morgan fingerprint density at radius 2 is 1.90 bits per heavy atom. The number of hydrogen-bond acceptors (Lipinski definition) is 2. The van der Waals surface area contributed by atoms with Gasteiger partial charge in [-0.25, -0.2) is 0 Å². The molecule has 2 heteroatoms. The highest BCUT2D eigenvalue weighted by atomic mass is 15.2. The van der Waals surface area contributed by atoms with E-state index in [1.807, 2.05) is 0 Å². The maximum Gasteiger partial charge on any atom is 0.0159 e. The van der Waals surface area contributed by atoms with Crippen molar-refractivity contribution in [3.8, 4) is 0 Å². The number of nitrogens with zero attached hydrogens (tertiary/aromatic N) is 1. The molecule has 1 rings (SSSR count). The summed E-state index contributed by atoms with van der Waals surface area (Å²) >= 11 is 0. The van der Waals surface area contributed by atoms with E-state index in [4.69, 9.17) is 0 Å². The van der Waals surface area contributed by atoms with Crippen molar-refractivity contribution in [1.29, 1.82) is 0 Å². The molecule has 126 valence electrons. The molecule has 0 bridgehead atoms. The number of hydrogen-bond donors (Lipinski definition) is 1. The maximum atomic E-state index is 3.86. The Kier molecular flexibility index (Phi) is 8.26. The van der Waals surface area contributed by atoms with Gasteiger partial charge < -0.3 is 10.2 Å². The Balaban J connectivity index is 2.66. The molecule has 0 aromatic carbocycles. The van der Waals surface area contributed by atoms with Crippen molar-refractivity contribution in [3.63, 3.8) is 0 Å². The van der Waals surface area contributed by atoms with Gasteiger partial charge in [-0.2, -0.15) is 0 Å². The topological polar surface area (TPSA) is 15.3 Å². The van der Waals surface area contributed by atoms with E-state index in [9.17, 15) is 0 Å². The number of unbranched alkanes of at least 4 members (excludes halogenated alkanes) is 1. The molecule has 0 heterocycles. The fraction of sp³-hybridized carbons (Fsp3) is 1.00. The van der Waals surface area contributed by atoms with Crippen LogP contribution in [-0.4, -0.2) is 36.6 Å². The first-order valence-corrected chi connectivity index (χ1v) is 9.43. The second-order valence-corrected chi connectivity index (χ2v) is 7.82. The summed E-state index contributed by atoms with van der Waals surface area (Å²) in [7, 11) is 0. The van der Waals surface area contributed by atoms with Gasteiger partial charge in [0, 0.05) is 18.6 Å². The molecule has 0 radical (unpaired) electrons. The summed E-state index contributed by atoms with van der Waals surface area (Å²) in [5.41, 5.74) is 0.464. The molecular weight excluding hydrogens is 256 g/mol. The van der Waals surface area contributed by atoms with E-state index in [-0.39, 0.29) is 0 Å². The molecule has 0 aromatic rings. The van der Waals surface area contributed by atoms with E-state index in [1.165, 1.54) is 58.2 Å². The summed E-state index contributed by atoms with van der Waals surface area (Å²) in [6.07, 6.45) is 7.93. The van der Waals surface area contributed by atoms with Crippen molar-refractivity contribution >= 4 is 0 Å². The lowest BCUT2D eigenvalue weighted by Gasteiger charge is -2.36. The Labute approximate surface area is 134 Å². The van der Waals surface area contributed by atoms with Crippen LogP contribution in [0.5, 0.6) is 0 Å². The number of rotatable bonds is 10. The SMILES string of the molecule is CCCCN(CC1CCC(C)(C)C1NCCC)C(C)CC. The molecule has 1 N–H and O–H groups in total. The first kappa shape index (κ1) is 19.0. The molecule has 1 saturated carbocycles. The van der Waals surface area contributed by atoms with Crippen molar-refractivity contribution in [2.24, 2.45) is 11.3 Å². The van der Waals surface area contributed by atoms with Crippen LogP contribution in [0.4, 0.5) is 0 Å². The van der Waals surface area contributed by atoms with E-state index >= 15 is 0 Å². The predicted molar refractivity (Wildman–Crippen MR) is 94.8 cm³/mol. The van der Waals surface area contributed by atoms with E-state index in [0.717, 1.165) is 12.0 Å². The molecule has 2 nitrogen and oxygen atoms in total. The van der Waals surface area contributed by atoms with Gasteiger partial charge >= 0.3 is 0 Å². The zero-order valence-corrected chi connectivity index (χ0v) is 15.5. The molecule has 0 amide bonds. The zero-order chi connectivity index (χ0) is 15.9. The Morgan fingerprint density at radius 3 is 2.48 bits per heavy atom. The van der Waals surface area contributed by atoms with Gasteiger partial charge in [0.2, 0.25) is 0 Å². The number of nitrogens with one attached hydrogen (secondary N) is 1. The minimum Gasteiger partial charge on any atom is -0.313 e. The Hall–Kier alpha value is -0.0800. The van der Waals surface area contributed by atoms with Crippen LogP contribution in [0, 0.1) is 11.3 Å². The second kappa shape index (κ2) is 9.15. The molecule has 0 saturated heterocycles. The van der Waals surface area contributed by atoms with Crippen LogP contribution < -0.4 is 5.32 Å². The van der Waals surface area contributed by atoms with Crippen molar-refractivity contribution < 1.29 is 0 Å². The van der Waals surface area contributed by atoms with Gasteiger partial charge in [-0.1, -0.05) is 41.0 Å². The van der Waals surface area contributed by atoms with Gasteiger partial charge in [-0.3, -0.25) is 0 Å². The van der Waals surface area contributed by atoms with Crippen molar-refractivity contribution in [2.75, 3.05) is 19.6 Å². The third-order valence-electron chi connectivity index (χ3n) is 5.57. The van der Waals surface area contributed by atoms with E-state index in [2.05, 4.69) is 51.8 Å². The smallest absolute Gasteiger partial charge is 0.0159 e. The highest BCUT2D eigenvalue weighted by Crippen LogP contribution is 2.41. The molecular formula is C19H40N2. The van der Waals surface area contributed by atoms with Crippen LogP contribution >= 0.6 is 0 Å². The molecule has 1 aliphatic rings. The summed E-state index contributed by atoms with van der Waals surface area (Å²) in [4.78, 5) is 2.76. The summed E-state index contributed by atoms with van der Waals surface area (Å²) in [6.45, 7) is 18.0. The minimum atomic E-state index is 0.464. The summed E-state index contributed by atoms with van der Waals surface area (Å²) in [6, 6.07) is 1.43. The van der Waals surface area contributed by atoms with E-state index in [0.29, 0.717) is 11.5 Å². The third kappa shape index (κ3) is 5.56. The molecule has 1 fully saturated rings. The highest BCUT2D eigenvalue weighted by Gasteiger charge is 2.42. The third-order valence-corrected chi connectivity index (χ3v) is 5.57. The molecule has 3 unspecified atom stereocenters. The van der Waals surface area contributed by atoms with Crippen LogP contribution in [0.25, 0.3) is 0 Å². The molecule has 0 aromatic heterocycles. The van der Waals surface area contributed by atoms with E-state index in [1.54, 1.807) is 0 Å². The van der Waals surface area contributed by atoms with Gasteiger partial charge in [-0.05, 0) is 63.5 Å². The Morgan fingerprint density at radius 1 is 1.19 bits per heavy atom. The van der Waals surface area contributed by atoms with Crippen molar-refractivity contribution in [1.82, 2.24) is 10.2 Å².